The van der Waals surface area contributed by atoms with Crippen molar-refractivity contribution in [1.29, 1.82) is 0 Å². The van der Waals surface area contributed by atoms with Crippen LogP contribution in [-0.2, 0) is 0 Å². The van der Waals surface area contributed by atoms with Gasteiger partial charge >= 0.3 is 0 Å². The van der Waals surface area contributed by atoms with Crippen LogP contribution in [0, 0.1) is 23.7 Å². The summed E-state index contributed by atoms with van der Waals surface area (Å²) in [6.45, 7) is 8.52. The third kappa shape index (κ3) is 3.73. The summed E-state index contributed by atoms with van der Waals surface area (Å²) in [4.78, 5) is 26.9. The number of allylic oxidation sites excluding steroid dienone is 2. The summed E-state index contributed by atoms with van der Waals surface area (Å²) in [6, 6.07) is 19.0. The maximum Gasteiger partial charge on any atom is 0.170 e. The number of rotatable bonds is 6. The van der Waals surface area contributed by atoms with Crippen LogP contribution in [0.1, 0.15) is 61.3 Å². The molecule has 2 heteroatoms. The van der Waals surface area contributed by atoms with Crippen molar-refractivity contribution in [2.24, 2.45) is 23.7 Å². The molecule has 3 rings (SSSR count). The van der Waals surface area contributed by atoms with Crippen LogP contribution in [0.2, 0.25) is 0 Å². The summed E-state index contributed by atoms with van der Waals surface area (Å²) >= 11 is 0. The average molecular weight is 375 g/mol. The van der Waals surface area contributed by atoms with E-state index in [1.807, 2.05) is 60.7 Å². The predicted octanol–water partition coefficient (Wildman–Crippen LogP) is 6.39. The molecule has 0 N–H and O–H groups in total. The first-order valence-electron chi connectivity index (χ1n) is 10.3. The van der Waals surface area contributed by atoms with Crippen LogP contribution in [0.4, 0.5) is 0 Å². The van der Waals surface area contributed by atoms with Crippen LogP contribution in [0.15, 0.2) is 71.8 Å². The quantitative estimate of drug-likeness (QED) is 0.434. The topological polar surface area (TPSA) is 34.1 Å². The molecule has 2 nitrogen and oxygen atoms in total. The minimum Gasteiger partial charge on any atom is -0.294 e. The van der Waals surface area contributed by atoms with Gasteiger partial charge < -0.3 is 0 Å². The van der Waals surface area contributed by atoms with Crippen molar-refractivity contribution >= 4 is 11.6 Å². The van der Waals surface area contributed by atoms with E-state index in [1.54, 1.807) is 0 Å². The molecular weight excluding hydrogens is 344 g/mol. The first-order valence-corrected chi connectivity index (χ1v) is 10.3. The Hall–Kier alpha value is -2.48. The standard InChI is InChI=1S/C26H30O2/c1-5-12-22-17(2)18(3)23(25(27)20-13-8-6-9-14-20)19(4)24(22)26(28)21-15-10-7-11-16-21/h6-11,13-16,18-19,23-24H,5,12H2,1-4H3/t18-,19-,23-,24+/m0/s1. The van der Waals surface area contributed by atoms with Crippen molar-refractivity contribution in [2.75, 3.05) is 0 Å². The van der Waals surface area contributed by atoms with Gasteiger partial charge in [-0.15, -0.1) is 0 Å². The van der Waals surface area contributed by atoms with Crippen LogP contribution < -0.4 is 0 Å². The van der Waals surface area contributed by atoms with Gasteiger partial charge in [0, 0.05) is 23.0 Å². The lowest BCUT2D eigenvalue weighted by Gasteiger charge is -2.41. The molecule has 0 fully saturated rings. The van der Waals surface area contributed by atoms with E-state index in [4.69, 9.17) is 0 Å². The van der Waals surface area contributed by atoms with Gasteiger partial charge in [0.15, 0.2) is 11.6 Å². The van der Waals surface area contributed by atoms with Crippen LogP contribution >= 0.6 is 0 Å². The fourth-order valence-corrected chi connectivity index (χ4v) is 4.85. The number of Topliss-reactive ketones (excluding diaryl/α,β-unsaturated/α-hetero) is 2. The molecule has 0 aliphatic heterocycles. The van der Waals surface area contributed by atoms with Crippen LogP contribution in [0.25, 0.3) is 0 Å². The first kappa shape index (κ1) is 20.3. The van der Waals surface area contributed by atoms with Gasteiger partial charge in [-0.1, -0.05) is 99.0 Å². The zero-order chi connectivity index (χ0) is 20.3. The molecule has 0 amide bonds. The SMILES string of the molecule is CCCC1=C(C)[C@H](C)[C@H](C(=O)c2ccccc2)[C@H](C)[C@H]1C(=O)c1ccccc1. The van der Waals surface area contributed by atoms with Gasteiger partial charge in [0.25, 0.3) is 0 Å². The molecule has 0 unspecified atom stereocenters. The van der Waals surface area contributed by atoms with E-state index >= 15 is 0 Å². The number of carbonyl (C=O) groups is 2. The third-order valence-electron chi connectivity index (χ3n) is 6.42. The molecular formula is C26H30O2. The molecule has 4 atom stereocenters. The zero-order valence-electron chi connectivity index (χ0n) is 17.3. The molecule has 0 bridgehead atoms. The molecule has 146 valence electrons. The minimum absolute atomic E-state index is 0.0272. The van der Waals surface area contributed by atoms with Crippen LogP contribution in [0.5, 0.6) is 0 Å². The zero-order valence-corrected chi connectivity index (χ0v) is 17.3. The second-order valence-electron chi connectivity index (χ2n) is 8.07. The highest BCUT2D eigenvalue weighted by Crippen LogP contribution is 2.46. The summed E-state index contributed by atoms with van der Waals surface area (Å²) in [5.74, 6) is 0.0108. The van der Waals surface area contributed by atoms with E-state index in [0.717, 1.165) is 24.0 Å². The van der Waals surface area contributed by atoms with Crippen LogP contribution in [-0.4, -0.2) is 11.6 Å². The molecule has 0 radical (unpaired) electrons. The Balaban J connectivity index is 2.06. The number of carbonyl (C=O) groups excluding carboxylic acids is 2. The monoisotopic (exact) mass is 374 g/mol. The Labute approximate surface area is 168 Å². The molecule has 2 aromatic rings. The van der Waals surface area contributed by atoms with E-state index in [9.17, 15) is 9.59 Å². The van der Waals surface area contributed by atoms with Crippen LogP contribution in [0.3, 0.4) is 0 Å². The third-order valence-corrected chi connectivity index (χ3v) is 6.42. The average Bonchev–Trinajstić information content (AvgIpc) is 2.73. The number of hydrogen-bond acceptors (Lipinski definition) is 2. The smallest absolute Gasteiger partial charge is 0.170 e. The fraction of sp³-hybridized carbons (Fsp3) is 0.385. The first-order chi connectivity index (χ1) is 13.5. The Morgan fingerprint density at radius 2 is 1.32 bits per heavy atom. The van der Waals surface area contributed by atoms with Crippen molar-refractivity contribution in [1.82, 2.24) is 0 Å². The van der Waals surface area contributed by atoms with E-state index in [-0.39, 0.29) is 35.2 Å². The minimum atomic E-state index is -0.226. The molecule has 0 spiro atoms. The van der Waals surface area contributed by atoms with Crippen molar-refractivity contribution < 1.29 is 9.59 Å². The summed E-state index contributed by atoms with van der Waals surface area (Å²) in [7, 11) is 0. The van der Waals surface area contributed by atoms with Gasteiger partial charge in [-0.05, 0) is 25.2 Å². The maximum atomic E-state index is 13.5. The van der Waals surface area contributed by atoms with E-state index in [2.05, 4.69) is 27.7 Å². The summed E-state index contributed by atoms with van der Waals surface area (Å²) in [6.07, 6.45) is 1.91. The van der Waals surface area contributed by atoms with E-state index in [1.165, 1.54) is 11.1 Å². The van der Waals surface area contributed by atoms with E-state index < -0.39 is 0 Å². The molecule has 1 aliphatic carbocycles. The Morgan fingerprint density at radius 1 is 0.821 bits per heavy atom. The van der Waals surface area contributed by atoms with Gasteiger partial charge in [-0.2, -0.15) is 0 Å². The highest BCUT2D eigenvalue weighted by Gasteiger charge is 2.44. The normalized spacial score (nSPS) is 24.9. The second-order valence-corrected chi connectivity index (χ2v) is 8.07. The number of ketones is 2. The van der Waals surface area contributed by atoms with Gasteiger partial charge in [-0.3, -0.25) is 9.59 Å². The largest absolute Gasteiger partial charge is 0.294 e. The lowest BCUT2D eigenvalue weighted by molar-refractivity contribution is 0.0718. The molecule has 0 saturated carbocycles. The predicted molar refractivity (Wildman–Crippen MR) is 114 cm³/mol. The molecule has 0 heterocycles. The molecule has 0 aromatic heterocycles. The number of hydrogen-bond donors (Lipinski definition) is 0. The Kier molecular flexibility index (Phi) is 6.28. The highest BCUT2D eigenvalue weighted by atomic mass is 16.1. The molecule has 0 saturated heterocycles. The Morgan fingerprint density at radius 3 is 1.82 bits per heavy atom. The maximum absolute atomic E-state index is 13.5. The summed E-state index contributed by atoms with van der Waals surface area (Å²) < 4.78 is 0. The highest BCUT2D eigenvalue weighted by molar-refractivity contribution is 6.02. The van der Waals surface area contributed by atoms with E-state index in [0.29, 0.717) is 0 Å². The van der Waals surface area contributed by atoms with Gasteiger partial charge in [0.1, 0.15) is 0 Å². The lowest BCUT2D eigenvalue weighted by Crippen LogP contribution is -2.41. The fourth-order valence-electron chi connectivity index (χ4n) is 4.85. The van der Waals surface area contributed by atoms with Crippen molar-refractivity contribution in [2.45, 2.75) is 40.5 Å². The summed E-state index contributed by atoms with van der Waals surface area (Å²) in [5.41, 5.74) is 3.95. The molecule has 28 heavy (non-hydrogen) atoms. The van der Waals surface area contributed by atoms with Crippen molar-refractivity contribution in [3.8, 4) is 0 Å². The molecule has 1 aliphatic rings. The molecule has 2 aromatic carbocycles. The van der Waals surface area contributed by atoms with Gasteiger partial charge in [-0.25, -0.2) is 0 Å². The second kappa shape index (κ2) is 8.68. The van der Waals surface area contributed by atoms with Crippen molar-refractivity contribution in [3.63, 3.8) is 0 Å². The van der Waals surface area contributed by atoms with Gasteiger partial charge in [0.05, 0.1) is 0 Å². The number of benzene rings is 2. The summed E-state index contributed by atoms with van der Waals surface area (Å²) in [5, 5.41) is 0. The van der Waals surface area contributed by atoms with Gasteiger partial charge in [0.2, 0.25) is 0 Å². The Bertz CT molecular complexity index is 864. The van der Waals surface area contributed by atoms with Crippen molar-refractivity contribution in [3.05, 3.63) is 82.9 Å². The lowest BCUT2D eigenvalue weighted by atomic mass is 9.61.